The van der Waals surface area contributed by atoms with E-state index in [1.165, 1.54) is 7.11 Å². The van der Waals surface area contributed by atoms with Crippen LogP contribution >= 0.6 is 0 Å². The minimum atomic E-state index is -2.02. The Kier molecular flexibility index (Phi) is 8.49. The Balaban J connectivity index is 2.27. The molecule has 0 bridgehead atoms. The highest BCUT2D eigenvalue weighted by molar-refractivity contribution is 5.80. The summed E-state index contributed by atoms with van der Waals surface area (Å²) in [6.45, 7) is 8.03. The third-order valence-electron chi connectivity index (χ3n) is 5.20. The normalized spacial score (nSPS) is 24.6. The van der Waals surface area contributed by atoms with Gasteiger partial charge in [-0.05, 0) is 66.2 Å². The fraction of sp³-hybridized carbons (Fsp3) is 0.857. The lowest BCUT2D eigenvalue weighted by Crippen LogP contribution is -2.61. The van der Waals surface area contributed by atoms with E-state index in [4.69, 9.17) is 23.7 Å². The van der Waals surface area contributed by atoms with Crippen LogP contribution in [0.5, 0.6) is 0 Å². The van der Waals surface area contributed by atoms with Crippen LogP contribution in [0.4, 0.5) is 4.79 Å². The van der Waals surface area contributed by atoms with Crippen LogP contribution in [0.2, 0.25) is 0 Å². The molecule has 172 valence electrons. The molecule has 0 aromatic carbocycles. The minimum absolute atomic E-state index is 0.105. The van der Waals surface area contributed by atoms with Crippen molar-refractivity contribution in [2.45, 2.75) is 83.8 Å². The predicted octanol–water partition coefficient (Wildman–Crippen LogP) is 3.00. The van der Waals surface area contributed by atoms with Crippen molar-refractivity contribution in [1.29, 1.82) is 0 Å². The minimum Gasteiger partial charge on any atom is -0.469 e. The van der Waals surface area contributed by atoms with Gasteiger partial charge in [0.25, 0.3) is 0 Å². The number of likely N-dealkylation sites (tertiary alicyclic amines) is 1. The molecule has 1 atom stereocenters. The third-order valence-corrected chi connectivity index (χ3v) is 5.20. The highest BCUT2D eigenvalue weighted by Crippen LogP contribution is 2.35. The van der Waals surface area contributed by atoms with E-state index < -0.39 is 23.6 Å². The summed E-state index contributed by atoms with van der Waals surface area (Å²) >= 11 is 0. The first-order valence-corrected chi connectivity index (χ1v) is 10.7. The number of methoxy groups -OCH3 is 1. The number of hydrogen-bond acceptors (Lipinski definition) is 9. The molecule has 1 aliphatic carbocycles. The summed E-state index contributed by atoms with van der Waals surface area (Å²) in [5, 5.41) is 0. The number of carbonyl (C=O) groups excluding carboxylic acids is 3. The average molecular weight is 430 g/mol. The average Bonchev–Trinajstić information content (AvgIpc) is 3.21. The number of carbonyl (C=O) groups is 3. The Morgan fingerprint density at radius 2 is 1.57 bits per heavy atom. The molecule has 1 unspecified atom stereocenters. The Morgan fingerprint density at radius 3 is 2.07 bits per heavy atom. The summed E-state index contributed by atoms with van der Waals surface area (Å²) in [7, 11) is 1.37. The summed E-state index contributed by atoms with van der Waals surface area (Å²) in [5.74, 6) is -3.23. The van der Waals surface area contributed by atoms with E-state index in [9.17, 15) is 14.4 Å². The smallest absolute Gasteiger partial charge is 0.469 e. The van der Waals surface area contributed by atoms with Crippen molar-refractivity contribution >= 4 is 18.1 Å². The molecular weight excluding hydrogens is 394 g/mol. The van der Waals surface area contributed by atoms with E-state index in [0.717, 1.165) is 12.8 Å². The van der Waals surface area contributed by atoms with Gasteiger partial charge in [0.2, 0.25) is 0 Å². The molecule has 1 saturated heterocycles. The molecule has 1 heterocycles. The van der Waals surface area contributed by atoms with Crippen molar-refractivity contribution in [2.75, 3.05) is 26.8 Å². The van der Waals surface area contributed by atoms with Crippen LogP contribution in [0.15, 0.2) is 0 Å². The number of nitrogens with zero attached hydrogens (tertiary/aromatic N) is 1. The lowest BCUT2D eigenvalue weighted by molar-refractivity contribution is -0.310. The molecule has 0 N–H and O–H groups in total. The molecule has 9 heteroatoms. The predicted molar refractivity (Wildman–Crippen MR) is 106 cm³/mol. The standard InChI is InChI=1S/C21H35NO8/c1-6-27-19(25)30-21(22-13-7-8-14-22,18(24)29-20(2,3)4)28-16-11-9-15(10-12-16)17(23)26-5/h15-16H,6-14H2,1-5H3. The number of hydrogen-bond donors (Lipinski definition) is 0. The van der Waals surface area contributed by atoms with Gasteiger partial charge in [-0.25, -0.2) is 14.5 Å². The van der Waals surface area contributed by atoms with E-state index >= 15 is 0 Å². The van der Waals surface area contributed by atoms with Crippen molar-refractivity contribution in [1.82, 2.24) is 4.90 Å². The monoisotopic (exact) mass is 429 g/mol. The van der Waals surface area contributed by atoms with Crippen LogP contribution in [-0.4, -0.2) is 67.4 Å². The van der Waals surface area contributed by atoms with Crippen molar-refractivity contribution in [3.63, 3.8) is 0 Å². The van der Waals surface area contributed by atoms with Crippen LogP contribution in [-0.2, 0) is 33.3 Å². The molecule has 9 nitrogen and oxygen atoms in total. The van der Waals surface area contributed by atoms with E-state index in [1.54, 1.807) is 32.6 Å². The van der Waals surface area contributed by atoms with Crippen LogP contribution < -0.4 is 0 Å². The SMILES string of the molecule is CCOC(=O)OC(OC1CCC(C(=O)OC)CC1)(C(=O)OC(C)(C)C)N1CCCC1. The molecule has 1 saturated carbocycles. The maximum absolute atomic E-state index is 13.3. The Bertz CT molecular complexity index is 603. The van der Waals surface area contributed by atoms with Crippen LogP contribution in [0, 0.1) is 5.92 Å². The molecule has 0 amide bonds. The van der Waals surface area contributed by atoms with Gasteiger partial charge in [0.05, 0.1) is 25.7 Å². The van der Waals surface area contributed by atoms with E-state index in [0.29, 0.717) is 38.8 Å². The zero-order chi connectivity index (χ0) is 22.4. The van der Waals surface area contributed by atoms with Crippen molar-refractivity contribution in [3.8, 4) is 0 Å². The van der Waals surface area contributed by atoms with Gasteiger partial charge in [-0.3, -0.25) is 4.79 Å². The fourth-order valence-corrected chi connectivity index (χ4v) is 3.81. The molecule has 2 fully saturated rings. The Hall–Kier alpha value is -1.87. The molecule has 2 rings (SSSR count). The molecular formula is C21H35NO8. The first kappa shape index (κ1) is 24.4. The second-order valence-electron chi connectivity index (χ2n) is 8.68. The Labute approximate surface area is 178 Å². The van der Waals surface area contributed by atoms with Crippen LogP contribution in [0.25, 0.3) is 0 Å². The number of ether oxygens (including phenoxy) is 5. The maximum atomic E-state index is 13.3. The van der Waals surface area contributed by atoms with Gasteiger partial charge in [-0.15, -0.1) is 0 Å². The third kappa shape index (κ3) is 6.31. The lowest BCUT2D eigenvalue weighted by atomic mass is 9.87. The fourth-order valence-electron chi connectivity index (χ4n) is 3.81. The van der Waals surface area contributed by atoms with Crippen molar-refractivity contribution in [3.05, 3.63) is 0 Å². The second kappa shape index (κ2) is 10.4. The van der Waals surface area contributed by atoms with Gasteiger partial charge in [0.1, 0.15) is 5.60 Å². The van der Waals surface area contributed by atoms with Gasteiger partial charge >= 0.3 is 24.0 Å². The second-order valence-corrected chi connectivity index (χ2v) is 8.68. The molecule has 0 aromatic rings. The van der Waals surface area contributed by atoms with Crippen molar-refractivity contribution in [2.24, 2.45) is 5.92 Å². The zero-order valence-corrected chi connectivity index (χ0v) is 18.7. The van der Waals surface area contributed by atoms with Gasteiger partial charge in [-0.1, -0.05) is 0 Å². The van der Waals surface area contributed by atoms with Gasteiger partial charge in [0.15, 0.2) is 0 Å². The van der Waals surface area contributed by atoms with E-state index in [2.05, 4.69) is 0 Å². The summed E-state index contributed by atoms with van der Waals surface area (Å²) in [5.41, 5.74) is -0.800. The zero-order valence-electron chi connectivity index (χ0n) is 18.7. The van der Waals surface area contributed by atoms with Gasteiger partial charge in [-0.2, -0.15) is 0 Å². The molecule has 0 radical (unpaired) electrons. The first-order chi connectivity index (χ1) is 14.1. The van der Waals surface area contributed by atoms with E-state index in [1.807, 2.05) is 0 Å². The molecule has 2 aliphatic rings. The maximum Gasteiger partial charge on any atom is 0.512 e. The highest BCUT2D eigenvalue weighted by atomic mass is 16.8. The summed E-state index contributed by atoms with van der Waals surface area (Å²) in [6, 6.07) is 0. The number of rotatable bonds is 7. The topological polar surface area (TPSA) is 101 Å². The summed E-state index contributed by atoms with van der Waals surface area (Å²) in [4.78, 5) is 39.1. The molecule has 0 aromatic heterocycles. The van der Waals surface area contributed by atoms with Crippen LogP contribution in [0.1, 0.15) is 66.2 Å². The number of esters is 2. The van der Waals surface area contributed by atoms with Crippen molar-refractivity contribution < 1.29 is 38.1 Å². The van der Waals surface area contributed by atoms with E-state index in [-0.39, 0.29) is 24.6 Å². The molecule has 0 spiro atoms. The first-order valence-electron chi connectivity index (χ1n) is 10.7. The lowest BCUT2D eigenvalue weighted by Gasteiger charge is -2.41. The largest absolute Gasteiger partial charge is 0.512 e. The summed E-state index contributed by atoms with van der Waals surface area (Å²) < 4.78 is 27.2. The van der Waals surface area contributed by atoms with Gasteiger partial charge < -0.3 is 23.7 Å². The Morgan fingerprint density at radius 1 is 0.967 bits per heavy atom. The molecule has 1 aliphatic heterocycles. The van der Waals surface area contributed by atoms with Gasteiger partial charge in [0, 0.05) is 13.1 Å². The molecule has 30 heavy (non-hydrogen) atoms. The van der Waals surface area contributed by atoms with Crippen LogP contribution in [0.3, 0.4) is 0 Å². The summed E-state index contributed by atoms with van der Waals surface area (Å²) in [6.07, 6.45) is 2.52. The quantitative estimate of drug-likeness (QED) is 0.343. The highest BCUT2D eigenvalue weighted by Gasteiger charge is 2.55.